The number of fused-ring (bicyclic) bond motifs is 3. The van der Waals surface area contributed by atoms with E-state index in [1.807, 2.05) is 42.6 Å². The topological polar surface area (TPSA) is 75.3 Å². The first kappa shape index (κ1) is 15.7. The van der Waals surface area contributed by atoms with Crippen molar-refractivity contribution in [2.24, 2.45) is 5.73 Å². The number of rotatable bonds is 1. The van der Waals surface area contributed by atoms with Crippen LogP contribution in [0.15, 0.2) is 54.7 Å². The van der Waals surface area contributed by atoms with E-state index in [1.54, 1.807) is 0 Å². The molecule has 132 valence electrons. The van der Waals surface area contributed by atoms with Crippen LogP contribution in [0.3, 0.4) is 0 Å². The van der Waals surface area contributed by atoms with E-state index in [9.17, 15) is 5.11 Å². The van der Waals surface area contributed by atoms with Crippen LogP contribution >= 0.6 is 0 Å². The zero-order chi connectivity index (χ0) is 17.7. The Labute approximate surface area is 152 Å². The SMILES string of the molecule is N[C@@H]1c2ccccc2C2(CCN(c3cnc4ccccc4n3)CC2)[C@H]1O. The second-order valence-electron chi connectivity index (χ2n) is 7.42. The van der Waals surface area contributed by atoms with Gasteiger partial charge in [0.15, 0.2) is 0 Å². The Hall–Kier alpha value is -2.50. The van der Waals surface area contributed by atoms with Gasteiger partial charge in [0.2, 0.25) is 0 Å². The van der Waals surface area contributed by atoms with Gasteiger partial charge < -0.3 is 15.7 Å². The normalized spacial score (nSPS) is 24.2. The first-order chi connectivity index (χ1) is 12.7. The quantitative estimate of drug-likeness (QED) is 0.708. The summed E-state index contributed by atoms with van der Waals surface area (Å²) < 4.78 is 0. The van der Waals surface area contributed by atoms with Crippen molar-refractivity contribution in [1.29, 1.82) is 0 Å². The standard InChI is InChI=1S/C21H22N4O/c22-19-14-5-1-2-6-15(14)21(20(19)26)9-11-25(12-10-21)18-13-23-16-7-3-4-8-17(16)24-18/h1-8,13,19-20,26H,9-12,22H2/t19-,20+/m1/s1. The van der Waals surface area contributed by atoms with Gasteiger partial charge in [0.05, 0.1) is 29.4 Å². The molecule has 5 heteroatoms. The van der Waals surface area contributed by atoms with Crippen LogP contribution in [0.25, 0.3) is 11.0 Å². The molecule has 2 aromatic carbocycles. The lowest BCUT2D eigenvalue weighted by molar-refractivity contribution is 0.0583. The zero-order valence-electron chi connectivity index (χ0n) is 14.5. The molecule has 1 fully saturated rings. The van der Waals surface area contributed by atoms with Crippen molar-refractivity contribution in [3.05, 3.63) is 65.9 Å². The predicted molar refractivity (Wildman–Crippen MR) is 102 cm³/mol. The number of aliphatic hydroxyl groups excluding tert-OH is 1. The molecular weight excluding hydrogens is 324 g/mol. The Morgan fingerprint density at radius 3 is 2.50 bits per heavy atom. The molecule has 1 aromatic heterocycles. The van der Waals surface area contributed by atoms with E-state index in [0.29, 0.717) is 0 Å². The monoisotopic (exact) mass is 346 g/mol. The molecule has 0 saturated carbocycles. The molecule has 26 heavy (non-hydrogen) atoms. The average molecular weight is 346 g/mol. The van der Waals surface area contributed by atoms with Gasteiger partial charge in [-0.25, -0.2) is 4.98 Å². The number of anilines is 1. The second kappa shape index (κ2) is 5.76. The van der Waals surface area contributed by atoms with Crippen LogP contribution in [0.5, 0.6) is 0 Å². The third kappa shape index (κ3) is 2.17. The molecule has 0 bridgehead atoms. The summed E-state index contributed by atoms with van der Waals surface area (Å²) in [5, 5.41) is 10.9. The molecule has 0 unspecified atom stereocenters. The zero-order valence-corrected chi connectivity index (χ0v) is 14.5. The maximum absolute atomic E-state index is 10.9. The maximum atomic E-state index is 10.9. The molecule has 1 saturated heterocycles. The van der Waals surface area contributed by atoms with Crippen LogP contribution in [-0.2, 0) is 5.41 Å². The molecular formula is C21H22N4O. The van der Waals surface area contributed by atoms with Crippen LogP contribution < -0.4 is 10.6 Å². The molecule has 5 nitrogen and oxygen atoms in total. The number of piperidine rings is 1. The molecule has 3 aromatic rings. The third-order valence-electron chi connectivity index (χ3n) is 6.18. The van der Waals surface area contributed by atoms with E-state index in [4.69, 9.17) is 10.7 Å². The number of nitrogens with two attached hydrogens (primary N) is 1. The minimum absolute atomic E-state index is 0.239. The Morgan fingerprint density at radius 2 is 1.69 bits per heavy atom. The third-order valence-corrected chi connectivity index (χ3v) is 6.18. The van der Waals surface area contributed by atoms with Crippen molar-refractivity contribution in [3.8, 4) is 0 Å². The van der Waals surface area contributed by atoms with Gasteiger partial charge in [0.25, 0.3) is 0 Å². The summed E-state index contributed by atoms with van der Waals surface area (Å²) >= 11 is 0. The molecule has 1 aliphatic carbocycles. The summed E-state index contributed by atoms with van der Waals surface area (Å²) in [6, 6.07) is 15.9. The fourth-order valence-electron chi connectivity index (χ4n) is 4.71. The first-order valence-corrected chi connectivity index (χ1v) is 9.19. The van der Waals surface area contributed by atoms with Gasteiger partial charge in [-0.3, -0.25) is 4.98 Å². The largest absolute Gasteiger partial charge is 0.390 e. The Morgan fingerprint density at radius 1 is 1.00 bits per heavy atom. The number of hydrogen-bond acceptors (Lipinski definition) is 5. The van der Waals surface area contributed by atoms with Crippen molar-refractivity contribution in [2.75, 3.05) is 18.0 Å². The highest BCUT2D eigenvalue weighted by Crippen LogP contribution is 2.50. The Bertz CT molecular complexity index is 965. The van der Waals surface area contributed by atoms with E-state index < -0.39 is 6.10 Å². The van der Waals surface area contributed by atoms with Crippen LogP contribution in [-0.4, -0.2) is 34.3 Å². The van der Waals surface area contributed by atoms with Gasteiger partial charge in [-0.05, 0) is 36.1 Å². The lowest BCUT2D eigenvalue weighted by Gasteiger charge is -2.43. The van der Waals surface area contributed by atoms with Crippen molar-refractivity contribution in [1.82, 2.24) is 9.97 Å². The Kier molecular flexibility index (Phi) is 3.48. The van der Waals surface area contributed by atoms with E-state index >= 15 is 0 Å². The van der Waals surface area contributed by atoms with E-state index in [-0.39, 0.29) is 11.5 Å². The fourth-order valence-corrected chi connectivity index (χ4v) is 4.71. The number of benzene rings is 2. The summed E-state index contributed by atoms with van der Waals surface area (Å²) in [5.74, 6) is 0.906. The second-order valence-corrected chi connectivity index (χ2v) is 7.42. The van der Waals surface area contributed by atoms with E-state index in [1.165, 1.54) is 5.56 Å². The summed E-state index contributed by atoms with van der Waals surface area (Å²) in [4.78, 5) is 11.6. The van der Waals surface area contributed by atoms with Crippen LogP contribution in [0.4, 0.5) is 5.82 Å². The predicted octanol–water partition coefficient (Wildman–Crippen LogP) is 2.54. The molecule has 2 heterocycles. The van der Waals surface area contributed by atoms with Crippen molar-refractivity contribution in [3.63, 3.8) is 0 Å². The Balaban J connectivity index is 1.44. The molecule has 0 amide bonds. The summed E-state index contributed by atoms with van der Waals surface area (Å²) in [6.07, 6.45) is 3.07. The van der Waals surface area contributed by atoms with Gasteiger partial charge in [0, 0.05) is 18.5 Å². The number of aromatic nitrogens is 2. The van der Waals surface area contributed by atoms with E-state index in [2.05, 4.69) is 22.0 Å². The van der Waals surface area contributed by atoms with Crippen molar-refractivity contribution < 1.29 is 5.11 Å². The molecule has 5 rings (SSSR count). The minimum atomic E-state index is -0.523. The van der Waals surface area contributed by atoms with Gasteiger partial charge in [-0.2, -0.15) is 0 Å². The average Bonchev–Trinajstić information content (AvgIpc) is 2.91. The van der Waals surface area contributed by atoms with Gasteiger partial charge in [-0.1, -0.05) is 36.4 Å². The molecule has 1 aliphatic heterocycles. The summed E-state index contributed by atoms with van der Waals surface area (Å²) in [7, 11) is 0. The van der Waals surface area contributed by atoms with Crippen LogP contribution in [0.1, 0.15) is 30.0 Å². The van der Waals surface area contributed by atoms with Gasteiger partial charge >= 0.3 is 0 Å². The van der Waals surface area contributed by atoms with Crippen LogP contribution in [0.2, 0.25) is 0 Å². The molecule has 2 aliphatic rings. The number of aliphatic hydroxyl groups is 1. The fraction of sp³-hybridized carbons (Fsp3) is 0.333. The number of nitrogens with zero attached hydrogens (tertiary/aromatic N) is 3. The summed E-state index contributed by atoms with van der Waals surface area (Å²) in [6.45, 7) is 1.68. The minimum Gasteiger partial charge on any atom is -0.390 e. The number of hydrogen-bond donors (Lipinski definition) is 2. The molecule has 0 radical (unpaired) electrons. The maximum Gasteiger partial charge on any atom is 0.147 e. The van der Waals surface area contributed by atoms with Crippen molar-refractivity contribution >= 4 is 16.9 Å². The highest BCUT2D eigenvalue weighted by molar-refractivity contribution is 5.75. The molecule has 3 N–H and O–H groups in total. The smallest absolute Gasteiger partial charge is 0.147 e. The van der Waals surface area contributed by atoms with Gasteiger partial charge in [0.1, 0.15) is 5.82 Å². The number of para-hydroxylation sites is 2. The van der Waals surface area contributed by atoms with Crippen LogP contribution in [0, 0.1) is 0 Å². The molecule has 1 spiro atoms. The van der Waals surface area contributed by atoms with Gasteiger partial charge in [-0.15, -0.1) is 0 Å². The summed E-state index contributed by atoms with van der Waals surface area (Å²) in [5.41, 5.74) is 10.2. The highest BCUT2D eigenvalue weighted by Gasteiger charge is 2.51. The lowest BCUT2D eigenvalue weighted by atomic mass is 9.72. The molecule has 2 atom stereocenters. The van der Waals surface area contributed by atoms with E-state index in [0.717, 1.165) is 48.3 Å². The first-order valence-electron chi connectivity index (χ1n) is 9.19. The highest BCUT2D eigenvalue weighted by atomic mass is 16.3. The lowest BCUT2D eigenvalue weighted by Crippen LogP contribution is -2.49. The van der Waals surface area contributed by atoms with Crippen molar-refractivity contribution in [2.45, 2.75) is 30.4 Å².